The van der Waals surface area contributed by atoms with Crippen molar-refractivity contribution in [3.63, 3.8) is 0 Å². The van der Waals surface area contributed by atoms with Crippen LogP contribution in [0.5, 0.6) is 0 Å². The van der Waals surface area contributed by atoms with Crippen LogP contribution in [-0.2, 0) is 0 Å². The maximum atomic E-state index is 9.36. The van der Waals surface area contributed by atoms with Gasteiger partial charge < -0.3 is 5.73 Å². The molecule has 2 N–H and O–H groups in total. The lowest BCUT2D eigenvalue weighted by atomic mass is 10.0. The fourth-order valence-electron chi connectivity index (χ4n) is 2.93. The van der Waals surface area contributed by atoms with Gasteiger partial charge in [0.05, 0.1) is 22.6 Å². The molecule has 7 nitrogen and oxygen atoms in total. The Balaban J connectivity index is 2.03. The van der Waals surface area contributed by atoms with Gasteiger partial charge in [-0.2, -0.15) is 15.5 Å². The molecule has 0 bridgehead atoms. The van der Waals surface area contributed by atoms with Gasteiger partial charge in [0.25, 0.3) is 0 Å². The van der Waals surface area contributed by atoms with E-state index in [0.29, 0.717) is 17.1 Å². The molecule has 0 atom stereocenters. The Bertz CT molecular complexity index is 1220. The van der Waals surface area contributed by atoms with Crippen molar-refractivity contribution in [3.8, 4) is 28.6 Å². The number of nitrogens with two attached hydrogens (primary N) is 1. The monoisotopic (exact) mass is 353 g/mol. The van der Waals surface area contributed by atoms with Gasteiger partial charge in [-0.1, -0.05) is 12.1 Å². The van der Waals surface area contributed by atoms with E-state index < -0.39 is 0 Å². The molecular weight excluding hydrogens is 338 g/mol. The van der Waals surface area contributed by atoms with Gasteiger partial charge in [0, 0.05) is 22.7 Å². The van der Waals surface area contributed by atoms with E-state index in [0.717, 1.165) is 27.7 Å². The zero-order chi connectivity index (χ0) is 19.0. The average Bonchev–Trinajstić information content (AvgIpc) is 2.69. The van der Waals surface area contributed by atoms with Crippen LogP contribution in [0.2, 0.25) is 0 Å². The minimum absolute atomic E-state index is 0.0903. The molecule has 0 saturated carbocycles. The molecule has 0 aliphatic carbocycles. The van der Waals surface area contributed by atoms with Gasteiger partial charge in [-0.3, -0.25) is 4.98 Å². The van der Waals surface area contributed by atoms with Crippen LogP contribution in [0, 0.1) is 25.2 Å². The Hall–Kier alpha value is -3.92. The highest BCUT2D eigenvalue weighted by Gasteiger charge is 2.18. The van der Waals surface area contributed by atoms with Gasteiger partial charge in [-0.25, -0.2) is 9.97 Å². The zero-order valence-electron chi connectivity index (χ0n) is 14.8. The predicted molar refractivity (Wildman–Crippen MR) is 102 cm³/mol. The van der Waals surface area contributed by atoms with Crippen molar-refractivity contribution < 1.29 is 0 Å². The lowest BCUT2D eigenvalue weighted by Crippen LogP contribution is -2.05. The molecule has 4 rings (SSSR count). The topological polar surface area (TPSA) is 114 Å². The van der Waals surface area contributed by atoms with Gasteiger partial charge in [-0.05, 0) is 38.1 Å². The predicted octanol–water partition coefficient (Wildman–Crippen LogP) is 3.22. The van der Waals surface area contributed by atoms with E-state index in [2.05, 4.69) is 25.1 Å². The first-order valence-corrected chi connectivity index (χ1v) is 8.31. The Labute approximate surface area is 155 Å². The number of hydrogen-bond donors (Lipinski definition) is 1. The van der Waals surface area contributed by atoms with Crippen molar-refractivity contribution in [2.24, 2.45) is 0 Å². The molecule has 0 fully saturated rings. The smallest absolute Gasteiger partial charge is 0.183 e. The van der Waals surface area contributed by atoms with E-state index in [1.807, 2.05) is 56.3 Å². The van der Waals surface area contributed by atoms with Gasteiger partial charge in [0.1, 0.15) is 11.8 Å². The molecule has 1 aromatic carbocycles. The maximum absolute atomic E-state index is 9.36. The first-order chi connectivity index (χ1) is 13.1. The van der Waals surface area contributed by atoms with Gasteiger partial charge in [-0.15, -0.1) is 0 Å². The molecule has 0 amide bonds. The fourth-order valence-corrected chi connectivity index (χ4v) is 2.93. The summed E-state index contributed by atoms with van der Waals surface area (Å²) in [5.74, 6) is 0.0903. The number of fused-ring (bicyclic) bond motifs is 1. The lowest BCUT2D eigenvalue weighted by molar-refractivity contribution is 0.941. The minimum Gasteiger partial charge on any atom is -0.381 e. The summed E-state index contributed by atoms with van der Waals surface area (Å²) < 4.78 is 0. The number of nitrogen functional groups attached to an aromatic ring is 1. The molecule has 3 heterocycles. The van der Waals surface area contributed by atoms with Crippen LogP contribution in [0.15, 0.2) is 42.6 Å². The van der Waals surface area contributed by atoms with E-state index in [9.17, 15) is 5.26 Å². The lowest BCUT2D eigenvalue weighted by Gasteiger charge is -2.12. The van der Waals surface area contributed by atoms with Gasteiger partial charge >= 0.3 is 0 Å². The van der Waals surface area contributed by atoms with Crippen molar-refractivity contribution in [2.75, 3.05) is 5.73 Å². The molecule has 0 aliphatic rings. The summed E-state index contributed by atoms with van der Waals surface area (Å²) in [5.41, 5.74) is 11.1. The second kappa shape index (κ2) is 6.42. The van der Waals surface area contributed by atoms with Crippen LogP contribution >= 0.6 is 0 Å². The number of hydrogen-bond acceptors (Lipinski definition) is 7. The standard InChI is InChI=1S/C20H15N7/c1-11-8-15(12(2)27-26-11)19-18(24-17(10-21)20(22)25-19)14-5-6-16-13(9-14)4-3-7-23-16/h3-9H,1-2H3,(H2,22,25). The van der Waals surface area contributed by atoms with Crippen molar-refractivity contribution in [2.45, 2.75) is 13.8 Å². The highest BCUT2D eigenvalue weighted by molar-refractivity contribution is 5.88. The first kappa shape index (κ1) is 16.5. The van der Waals surface area contributed by atoms with Crippen LogP contribution in [0.1, 0.15) is 17.1 Å². The number of anilines is 1. The summed E-state index contributed by atoms with van der Waals surface area (Å²) in [6, 6.07) is 13.6. The number of pyridine rings is 1. The van der Waals surface area contributed by atoms with Crippen molar-refractivity contribution in [1.82, 2.24) is 25.1 Å². The summed E-state index contributed by atoms with van der Waals surface area (Å²) in [5, 5.41) is 18.6. The van der Waals surface area contributed by atoms with E-state index in [1.54, 1.807) is 6.20 Å². The zero-order valence-corrected chi connectivity index (χ0v) is 14.8. The average molecular weight is 353 g/mol. The van der Waals surface area contributed by atoms with E-state index in [1.165, 1.54) is 0 Å². The molecule has 4 aromatic rings. The number of nitrogens with zero attached hydrogens (tertiary/aromatic N) is 6. The summed E-state index contributed by atoms with van der Waals surface area (Å²) in [7, 11) is 0. The Morgan fingerprint density at radius 2 is 1.85 bits per heavy atom. The molecule has 0 saturated heterocycles. The SMILES string of the molecule is Cc1cc(-c2nc(N)c(C#N)nc2-c2ccc3ncccc3c2)c(C)nn1. The molecule has 0 radical (unpaired) electrons. The van der Waals surface area contributed by atoms with Crippen LogP contribution < -0.4 is 5.73 Å². The maximum Gasteiger partial charge on any atom is 0.183 e. The third kappa shape index (κ3) is 2.93. The molecule has 130 valence electrons. The molecule has 7 heteroatoms. The van der Waals surface area contributed by atoms with E-state index >= 15 is 0 Å². The third-order valence-electron chi connectivity index (χ3n) is 4.26. The normalized spacial score (nSPS) is 10.7. The summed E-state index contributed by atoms with van der Waals surface area (Å²) in [6.45, 7) is 3.71. The fraction of sp³-hybridized carbons (Fsp3) is 0.100. The number of rotatable bonds is 2. The number of nitriles is 1. The summed E-state index contributed by atoms with van der Waals surface area (Å²) in [4.78, 5) is 13.3. The quantitative estimate of drug-likeness (QED) is 0.588. The largest absolute Gasteiger partial charge is 0.381 e. The number of aryl methyl sites for hydroxylation is 2. The Kier molecular flexibility index (Phi) is 3.94. The molecule has 0 spiro atoms. The number of aromatic nitrogens is 5. The van der Waals surface area contributed by atoms with Crippen LogP contribution in [-0.4, -0.2) is 25.1 Å². The number of benzene rings is 1. The molecule has 3 aromatic heterocycles. The highest BCUT2D eigenvalue weighted by Crippen LogP contribution is 2.33. The van der Waals surface area contributed by atoms with Crippen molar-refractivity contribution in [1.29, 1.82) is 5.26 Å². The van der Waals surface area contributed by atoms with E-state index in [4.69, 9.17) is 5.73 Å². The summed E-state index contributed by atoms with van der Waals surface area (Å²) in [6.07, 6.45) is 1.75. The van der Waals surface area contributed by atoms with Gasteiger partial charge in [0.2, 0.25) is 0 Å². The second-order valence-corrected chi connectivity index (χ2v) is 6.16. The van der Waals surface area contributed by atoms with Crippen molar-refractivity contribution >= 4 is 16.7 Å². The second-order valence-electron chi connectivity index (χ2n) is 6.16. The third-order valence-corrected chi connectivity index (χ3v) is 4.26. The Morgan fingerprint density at radius 1 is 1.00 bits per heavy atom. The molecule has 27 heavy (non-hydrogen) atoms. The Morgan fingerprint density at radius 3 is 2.67 bits per heavy atom. The van der Waals surface area contributed by atoms with Crippen LogP contribution in [0.25, 0.3) is 33.4 Å². The minimum atomic E-state index is 0.0903. The van der Waals surface area contributed by atoms with Crippen LogP contribution in [0.4, 0.5) is 5.82 Å². The first-order valence-electron chi connectivity index (χ1n) is 8.31. The molecule has 0 aliphatic heterocycles. The highest BCUT2D eigenvalue weighted by atomic mass is 15.1. The molecule has 0 unspecified atom stereocenters. The van der Waals surface area contributed by atoms with Gasteiger partial charge in [0.15, 0.2) is 11.5 Å². The summed E-state index contributed by atoms with van der Waals surface area (Å²) >= 11 is 0. The molecular formula is C20H15N7. The van der Waals surface area contributed by atoms with Crippen molar-refractivity contribution in [3.05, 3.63) is 59.7 Å². The van der Waals surface area contributed by atoms with E-state index in [-0.39, 0.29) is 11.5 Å². The van der Waals surface area contributed by atoms with Crippen LogP contribution in [0.3, 0.4) is 0 Å².